The Morgan fingerprint density at radius 1 is 0.939 bits per heavy atom. The van der Waals surface area contributed by atoms with Gasteiger partial charge >= 0.3 is 0 Å². The van der Waals surface area contributed by atoms with Crippen LogP contribution in [0.5, 0.6) is 5.88 Å². The van der Waals surface area contributed by atoms with Gasteiger partial charge in [-0.05, 0) is 65.6 Å². The second kappa shape index (κ2) is 8.40. The number of hydrogen-bond acceptors (Lipinski definition) is 3. The average molecular weight is 436 g/mol. The van der Waals surface area contributed by atoms with E-state index in [1.807, 2.05) is 18.2 Å². The quantitative estimate of drug-likeness (QED) is 0.319. The van der Waals surface area contributed by atoms with Crippen molar-refractivity contribution in [1.29, 1.82) is 5.26 Å². The molecule has 0 fully saturated rings. The lowest BCUT2D eigenvalue weighted by Crippen LogP contribution is -2.06. The standard InChI is InChI=1S/C28H22FN3O/c1-18-19(2)32(16-21-7-10-22-5-3-4-6-23(22)13-21)27-26(18)14-25(15-30)31-28(27)33-17-20-8-11-24(29)12-9-20/h3-14H,16-17H2,1-2H3. The molecule has 0 aliphatic heterocycles. The molecule has 0 aliphatic carbocycles. The molecular formula is C28H22FN3O. The van der Waals surface area contributed by atoms with Gasteiger partial charge in [0.05, 0.1) is 0 Å². The zero-order valence-corrected chi connectivity index (χ0v) is 18.5. The van der Waals surface area contributed by atoms with Crippen molar-refractivity contribution in [1.82, 2.24) is 9.55 Å². The van der Waals surface area contributed by atoms with Crippen molar-refractivity contribution in [2.45, 2.75) is 27.0 Å². The fourth-order valence-corrected chi connectivity index (χ4v) is 4.23. The summed E-state index contributed by atoms with van der Waals surface area (Å²) in [7, 11) is 0. The Kier molecular flexibility index (Phi) is 5.27. The van der Waals surface area contributed by atoms with Gasteiger partial charge in [-0.15, -0.1) is 0 Å². The predicted molar refractivity (Wildman–Crippen MR) is 128 cm³/mol. The summed E-state index contributed by atoms with van der Waals surface area (Å²) >= 11 is 0. The Morgan fingerprint density at radius 2 is 1.67 bits per heavy atom. The van der Waals surface area contributed by atoms with Crippen LogP contribution in [0.25, 0.3) is 21.7 Å². The molecule has 162 valence electrons. The number of rotatable bonds is 5. The maximum absolute atomic E-state index is 13.3. The molecule has 0 saturated heterocycles. The third-order valence-corrected chi connectivity index (χ3v) is 6.14. The second-order valence-electron chi connectivity index (χ2n) is 8.21. The van der Waals surface area contributed by atoms with Gasteiger partial charge in [0.2, 0.25) is 5.88 Å². The normalized spacial score (nSPS) is 11.1. The minimum Gasteiger partial charge on any atom is -0.471 e. The number of aryl methyl sites for hydroxylation is 1. The SMILES string of the molecule is Cc1c(C)n(Cc2ccc3ccccc3c2)c2c(OCc3ccc(F)cc3)nc(C#N)cc12. The Balaban J connectivity index is 1.59. The van der Waals surface area contributed by atoms with Gasteiger partial charge in [0.25, 0.3) is 0 Å². The van der Waals surface area contributed by atoms with E-state index in [2.05, 4.69) is 59.8 Å². The number of ether oxygens (including phenoxy) is 1. The summed E-state index contributed by atoms with van der Waals surface area (Å²) in [6, 6.07) is 24.9. The van der Waals surface area contributed by atoms with E-state index in [1.54, 1.807) is 12.1 Å². The minimum atomic E-state index is -0.291. The first kappa shape index (κ1) is 20.7. The molecule has 5 rings (SSSR count). The minimum absolute atomic E-state index is 0.233. The molecule has 0 atom stereocenters. The Bertz CT molecular complexity index is 1530. The van der Waals surface area contributed by atoms with E-state index in [-0.39, 0.29) is 12.4 Å². The maximum Gasteiger partial charge on any atom is 0.240 e. The van der Waals surface area contributed by atoms with E-state index in [4.69, 9.17) is 4.74 Å². The lowest BCUT2D eigenvalue weighted by molar-refractivity contribution is 0.296. The molecule has 0 spiro atoms. The largest absolute Gasteiger partial charge is 0.471 e. The van der Waals surface area contributed by atoms with Gasteiger partial charge in [-0.3, -0.25) is 0 Å². The van der Waals surface area contributed by atoms with E-state index in [0.717, 1.165) is 27.7 Å². The van der Waals surface area contributed by atoms with Crippen LogP contribution in [0.1, 0.15) is 28.1 Å². The monoisotopic (exact) mass is 435 g/mol. The first-order valence-corrected chi connectivity index (χ1v) is 10.8. The Labute approximate surface area is 191 Å². The highest BCUT2D eigenvalue weighted by Gasteiger charge is 2.19. The number of nitrogens with zero attached hydrogens (tertiary/aromatic N) is 3. The van der Waals surface area contributed by atoms with Crippen LogP contribution in [0.4, 0.5) is 4.39 Å². The molecule has 5 aromatic rings. The zero-order valence-electron chi connectivity index (χ0n) is 18.5. The summed E-state index contributed by atoms with van der Waals surface area (Å²) in [6.07, 6.45) is 0. The summed E-state index contributed by atoms with van der Waals surface area (Å²) in [5.74, 6) is 0.117. The average Bonchev–Trinajstić information content (AvgIpc) is 3.08. The Morgan fingerprint density at radius 3 is 2.42 bits per heavy atom. The zero-order chi connectivity index (χ0) is 22.9. The summed E-state index contributed by atoms with van der Waals surface area (Å²) in [4.78, 5) is 4.48. The topological polar surface area (TPSA) is 50.8 Å². The molecule has 0 radical (unpaired) electrons. The smallest absolute Gasteiger partial charge is 0.240 e. The van der Waals surface area contributed by atoms with Gasteiger partial charge in [-0.25, -0.2) is 9.37 Å². The summed E-state index contributed by atoms with van der Waals surface area (Å²) in [6.45, 7) is 5.02. The number of fused-ring (bicyclic) bond motifs is 2. The van der Waals surface area contributed by atoms with Crippen molar-refractivity contribution in [2.75, 3.05) is 0 Å². The fourth-order valence-electron chi connectivity index (χ4n) is 4.23. The van der Waals surface area contributed by atoms with E-state index in [9.17, 15) is 9.65 Å². The summed E-state index contributed by atoms with van der Waals surface area (Å²) in [5.41, 5.74) is 5.36. The Hall–Kier alpha value is -4.17. The number of pyridine rings is 1. The molecule has 0 unspecified atom stereocenters. The van der Waals surface area contributed by atoms with Crippen LogP contribution in [-0.2, 0) is 13.2 Å². The lowest BCUT2D eigenvalue weighted by Gasteiger charge is -2.13. The molecule has 0 aliphatic rings. The molecule has 2 aromatic heterocycles. The molecule has 0 amide bonds. The van der Waals surface area contributed by atoms with Crippen molar-refractivity contribution in [2.24, 2.45) is 0 Å². The van der Waals surface area contributed by atoms with Gasteiger partial charge in [-0.1, -0.05) is 48.5 Å². The van der Waals surface area contributed by atoms with E-state index >= 15 is 0 Å². The van der Waals surface area contributed by atoms with Crippen LogP contribution in [0, 0.1) is 31.0 Å². The van der Waals surface area contributed by atoms with Crippen LogP contribution in [0.3, 0.4) is 0 Å². The van der Waals surface area contributed by atoms with Crippen LogP contribution < -0.4 is 4.74 Å². The van der Waals surface area contributed by atoms with E-state index in [0.29, 0.717) is 18.1 Å². The number of halogens is 1. The van der Waals surface area contributed by atoms with Crippen LogP contribution in [0.15, 0.2) is 72.8 Å². The molecular weight excluding hydrogens is 413 g/mol. The molecule has 33 heavy (non-hydrogen) atoms. The summed E-state index contributed by atoms with van der Waals surface area (Å²) < 4.78 is 21.6. The third-order valence-electron chi connectivity index (χ3n) is 6.14. The lowest BCUT2D eigenvalue weighted by atomic mass is 10.1. The van der Waals surface area contributed by atoms with Crippen molar-refractivity contribution >= 4 is 21.7 Å². The number of benzene rings is 3. The van der Waals surface area contributed by atoms with Gasteiger partial charge in [0.1, 0.15) is 29.7 Å². The fraction of sp³-hybridized carbons (Fsp3) is 0.143. The number of nitriles is 1. The van der Waals surface area contributed by atoms with Crippen molar-refractivity contribution in [3.63, 3.8) is 0 Å². The molecule has 0 N–H and O–H groups in total. The van der Waals surface area contributed by atoms with Gasteiger partial charge in [-0.2, -0.15) is 5.26 Å². The van der Waals surface area contributed by atoms with Crippen LogP contribution >= 0.6 is 0 Å². The molecule has 0 bridgehead atoms. The molecule has 5 heteroatoms. The van der Waals surface area contributed by atoms with Gasteiger partial charge in [0.15, 0.2) is 0 Å². The molecule has 3 aromatic carbocycles. The van der Waals surface area contributed by atoms with Gasteiger partial charge in [0, 0.05) is 17.6 Å². The third kappa shape index (κ3) is 3.92. The van der Waals surface area contributed by atoms with Crippen molar-refractivity contribution in [3.8, 4) is 11.9 Å². The van der Waals surface area contributed by atoms with Crippen LogP contribution in [-0.4, -0.2) is 9.55 Å². The van der Waals surface area contributed by atoms with Crippen molar-refractivity contribution in [3.05, 3.63) is 107 Å². The van der Waals surface area contributed by atoms with Crippen LogP contribution in [0.2, 0.25) is 0 Å². The number of aromatic nitrogens is 2. The van der Waals surface area contributed by atoms with E-state index < -0.39 is 0 Å². The molecule has 4 nitrogen and oxygen atoms in total. The summed E-state index contributed by atoms with van der Waals surface area (Å²) in [5, 5.41) is 12.9. The molecule has 0 saturated carbocycles. The maximum atomic E-state index is 13.3. The highest BCUT2D eigenvalue weighted by atomic mass is 19.1. The second-order valence-corrected chi connectivity index (χ2v) is 8.21. The first-order valence-electron chi connectivity index (χ1n) is 10.8. The highest BCUT2D eigenvalue weighted by Crippen LogP contribution is 2.33. The predicted octanol–water partition coefficient (Wildman–Crippen LogP) is 6.44. The van der Waals surface area contributed by atoms with E-state index in [1.165, 1.54) is 28.5 Å². The number of hydrogen-bond donors (Lipinski definition) is 0. The molecule has 2 heterocycles. The van der Waals surface area contributed by atoms with Crippen molar-refractivity contribution < 1.29 is 9.13 Å². The highest BCUT2D eigenvalue weighted by molar-refractivity contribution is 5.90. The first-order chi connectivity index (χ1) is 16.0. The van der Waals surface area contributed by atoms with Gasteiger partial charge < -0.3 is 9.30 Å².